The second kappa shape index (κ2) is 5.79. The van der Waals surface area contributed by atoms with Crippen molar-refractivity contribution in [3.8, 4) is 11.1 Å². The fourth-order valence-corrected chi connectivity index (χ4v) is 2.66. The number of nitrogens with two attached hydrogens (primary N) is 1. The first-order valence-electron chi connectivity index (χ1n) is 6.26. The van der Waals surface area contributed by atoms with E-state index < -0.39 is 0 Å². The number of hydrogen-bond acceptors (Lipinski definition) is 4. The standard InChI is InChI=1S/C15H14N4S/c16-14-17-15(19-18-14)20-10-11-6-8-13(9-7-11)12-4-2-1-3-5-12/h1-9H,10H2,(H3,16,17,18,19). The Kier molecular flexibility index (Phi) is 3.69. The number of thioether (sulfide) groups is 1. The highest BCUT2D eigenvalue weighted by molar-refractivity contribution is 7.98. The Morgan fingerprint density at radius 2 is 1.65 bits per heavy atom. The average Bonchev–Trinajstić information content (AvgIpc) is 2.92. The first kappa shape index (κ1) is 12.7. The number of aromatic nitrogens is 3. The average molecular weight is 282 g/mol. The number of nitrogens with zero attached hydrogens (tertiary/aromatic N) is 2. The van der Waals surface area contributed by atoms with E-state index in [0.717, 1.165) is 5.75 Å². The Balaban J connectivity index is 1.67. The van der Waals surface area contributed by atoms with Gasteiger partial charge in [-0.2, -0.15) is 4.98 Å². The molecule has 0 saturated heterocycles. The van der Waals surface area contributed by atoms with Crippen molar-refractivity contribution in [2.24, 2.45) is 0 Å². The summed E-state index contributed by atoms with van der Waals surface area (Å²) in [5.41, 5.74) is 9.18. The van der Waals surface area contributed by atoms with E-state index in [0.29, 0.717) is 11.1 Å². The molecule has 0 spiro atoms. The SMILES string of the molecule is Nc1nc(SCc2ccc(-c3ccccc3)cc2)n[nH]1. The molecule has 1 aromatic heterocycles. The molecular weight excluding hydrogens is 268 g/mol. The molecule has 0 amide bonds. The minimum atomic E-state index is 0.354. The Hall–Kier alpha value is -2.27. The number of rotatable bonds is 4. The molecular formula is C15H14N4S. The van der Waals surface area contributed by atoms with Crippen molar-refractivity contribution < 1.29 is 0 Å². The number of benzene rings is 2. The largest absolute Gasteiger partial charge is 0.368 e. The van der Waals surface area contributed by atoms with E-state index in [2.05, 4.69) is 51.6 Å². The molecule has 3 rings (SSSR count). The van der Waals surface area contributed by atoms with Crippen LogP contribution < -0.4 is 5.73 Å². The smallest absolute Gasteiger partial charge is 0.216 e. The van der Waals surface area contributed by atoms with Gasteiger partial charge in [0.25, 0.3) is 0 Å². The van der Waals surface area contributed by atoms with Crippen LogP contribution in [0.5, 0.6) is 0 Å². The summed E-state index contributed by atoms with van der Waals surface area (Å²) in [7, 11) is 0. The van der Waals surface area contributed by atoms with Gasteiger partial charge in [-0.25, -0.2) is 5.10 Å². The summed E-state index contributed by atoms with van der Waals surface area (Å²) in [5, 5.41) is 7.30. The second-order valence-corrected chi connectivity index (χ2v) is 5.30. The van der Waals surface area contributed by atoms with Crippen LogP contribution in [0.3, 0.4) is 0 Å². The number of hydrogen-bond donors (Lipinski definition) is 2. The fraction of sp³-hybridized carbons (Fsp3) is 0.0667. The van der Waals surface area contributed by atoms with Gasteiger partial charge in [-0.3, -0.25) is 0 Å². The van der Waals surface area contributed by atoms with Crippen LogP contribution in [0.25, 0.3) is 11.1 Å². The molecule has 0 unspecified atom stereocenters. The van der Waals surface area contributed by atoms with Gasteiger partial charge in [0, 0.05) is 5.75 Å². The third-order valence-corrected chi connectivity index (χ3v) is 3.83. The lowest BCUT2D eigenvalue weighted by atomic mass is 10.0. The van der Waals surface area contributed by atoms with Crippen molar-refractivity contribution >= 4 is 17.7 Å². The van der Waals surface area contributed by atoms with E-state index in [1.54, 1.807) is 11.8 Å². The maximum atomic E-state index is 5.49. The molecule has 0 fully saturated rings. The lowest BCUT2D eigenvalue weighted by Gasteiger charge is -2.03. The van der Waals surface area contributed by atoms with Gasteiger partial charge in [-0.15, -0.1) is 5.10 Å². The maximum absolute atomic E-state index is 5.49. The van der Waals surface area contributed by atoms with Gasteiger partial charge in [-0.05, 0) is 16.7 Å². The number of aromatic amines is 1. The molecule has 0 aliphatic heterocycles. The van der Waals surface area contributed by atoms with Crippen LogP contribution >= 0.6 is 11.8 Å². The Labute approximate surface area is 121 Å². The highest BCUT2D eigenvalue weighted by Gasteiger charge is 2.02. The van der Waals surface area contributed by atoms with Gasteiger partial charge in [-0.1, -0.05) is 66.4 Å². The molecule has 2 aromatic carbocycles. The Bertz CT molecular complexity index is 677. The normalized spacial score (nSPS) is 10.6. The lowest BCUT2D eigenvalue weighted by molar-refractivity contribution is 0.973. The number of nitrogens with one attached hydrogen (secondary N) is 1. The summed E-state index contributed by atoms with van der Waals surface area (Å²) in [5.74, 6) is 1.18. The molecule has 0 aliphatic carbocycles. The van der Waals surface area contributed by atoms with Crippen LogP contribution in [0.1, 0.15) is 5.56 Å². The number of H-pyrrole nitrogens is 1. The van der Waals surface area contributed by atoms with Gasteiger partial charge in [0.1, 0.15) is 0 Å². The van der Waals surface area contributed by atoms with Crippen molar-refractivity contribution in [1.82, 2.24) is 15.2 Å². The summed E-state index contributed by atoms with van der Waals surface area (Å²) in [6.45, 7) is 0. The number of anilines is 1. The summed E-state index contributed by atoms with van der Waals surface area (Å²) in [4.78, 5) is 4.06. The van der Waals surface area contributed by atoms with Gasteiger partial charge >= 0.3 is 0 Å². The molecule has 5 heteroatoms. The first-order chi connectivity index (χ1) is 9.81. The number of nitrogen functional groups attached to an aromatic ring is 1. The first-order valence-corrected chi connectivity index (χ1v) is 7.25. The van der Waals surface area contributed by atoms with E-state index >= 15 is 0 Å². The van der Waals surface area contributed by atoms with E-state index in [-0.39, 0.29) is 0 Å². The molecule has 3 aromatic rings. The molecule has 0 aliphatic rings. The van der Waals surface area contributed by atoms with Crippen LogP contribution in [-0.2, 0) is 5.75 Å². The molecule has 0 bridgehead atoms. The minimum absolute atomic E-state index is 0.354. The zero-order valence-electron chi connectivity index (χ0n) is 10.8. The fourth-order valence-electron chi connectivity index (χ4n) is 1.89. The third-order valence-electron chi connectivity index (χ3n) is 2.91. The Morgan fingerprint density at radius 3 is 2.30 bits per heavy atom. The van der Waals surface area contributed by atoms with Crippen LogP contribution in [0, 0.1) is 0 Å². The predicted octanol–water partition coefficient (Wildman–Crippen LogP) is 3.35. The van der Waals surface area contributed by atoms with Crippen LogP contribution in [0.15, 0.2) is 59.8 Å². The maximum Gasteiger partial charge on any atom is 0.216 e. The van der Waals surface area contributed by atoms with E-state index in [1.807, 2.05) is 18.2 Å². The topological polar surface area (TPSA) is 67.6 Å². The summed E-state index contributed by atoms with van der Waals surface area (Å²) in [6, 6.07) is 18.9. The van der Waals surface area contributed by atoms with Crippen molar-refractivity contribution in [2.75, 3.05) is 5.73 Å². The van der Waals surface area contributed by atoms with Gasteiger partial charge < -0.3 is 5.73 Å². The second-order valence-electron chi connectivity index (χ2n) is 4.35. The van der Waals surface area contributed by atoms with Gasteiger partial charge in [0.2, 0.25) is 11.1 Å². The zero-order chi connectivity index (χ0) is 13.8. The van der Waals surface area contributed by atoms with E-state index in [4.69, 9.17) is 5.73 Å². The van der Waals surface area contributed by atoms with E-state index in [1.165, 1.54) is 16.7 Å². The van der Waals surface area contributed by atoms with Crippen molar-refractivity contribution in [3.05, 3.63) is 60.2 Å². The molecule has 0 atom stereocenters. The molecule has 4 nitrogen and oxygen atoms in total. The molecule has 3 N–H and O–H groups in total. The summed E-state index contributed by atoms with van der Waals surface area (Å²) in [6.07, 6.45) is 0. The van der Waals surface area contributed by atoms with Crippen molar-refractivity contribution in [3.63, 3.8) is 0 Å². The van der Waals surface area contributed by atoms with Crippen molar-refractivity contribution in [2.45, 2.75) is 10.9 Å². The third kappa shape index (κ3) is 3.00. The zero-order valence-corrected chi connectivity index (χ0v) is 11.6. The lowest BCUT2D eigenvalue weighted by Crippen LogP contribution is -1.85. The van der Waals surface area contributed by atoms with Crippen LogP contribution in [0.2, 0.25) is 0 Å². The highest BCUT2D eigenvalue weighted by Crippen LogP contribution is 2.23. The van der Waals surface area contributed by atoms with Gasteiger partial charge in [0.15, 0.2) is 0 Å². The van der Waals surface area contributed by atoms with E-state index in [9.17, 15) is 0 Å². The summed E-state index contributed by atoms with van der Waals surface area (Å²) < 4.78 is 0. The minimum Gasteiger partial charge on any atom is -0.368 e. The van der Waals surface area contributed by atoms with Crippen molar-refractivity contribution in [1.29, 1.82) is 0 Å². The highest BCUT2D eigenvalue weighted by atomic mass is 32.2. The van der Waals surface area contributed by atoms with Crippen LogP contribution in [0.4, 0.5) is 5.95 Å². The quantitative estimate of drug-likeness (QED) is 0.720. The molecule has 1 heterocycles. The molecule has 0 saturated carbocycles. The molecule has 20 heavy (non-hydrogen) atoms. The van der Waals surface area contributed by atoms with Gasteiger partial charge in [0.05, 0.1) is 0 Å². The molecule has 100 valence electrons. The summed E-state index contributed by atoms with van der Waals surface area (Å²) >= 11 is 1.56. The van der Waals surface area contributed by atoms with Crippen LogP contribution in [-0.4, -0.2) is 15.2 Å². The monoisotopic (exact) mass is 282 g/mol. The predicted molar refractivity (Wildman–Crippen MR) is 82.2 cm³/mol. The molecule has 0 radical (unpaired) electrons. The Morgan fingerprint density at radius 1 is 0.950 bits per heavy atom.